The predicted octanol–water partition coefficient (Wildman–Crippen LogP) is 1.26. The van der Waals surface area contributed by atoms with Crippen LogP contribution in [-0.4, -0.2) is 32.2 Å². The molecule has 112 valence electrons. The molecule has 0 aromatic heterocycles. The van der Waals surface area contributed by atoms with Crippen molar-refractivity contribution in [1.82, 2.24) is 0 Å². The topological polar surface area (TPSA) is 113 Å². The van der Waals surface area contributed by atoms with E-state index < -0.39 is 20.8 Å². The Hall–Kier alpha value is -1.67. The van der Waals surface area contributed by atoms with Gasteiger partial charge in [-0.2, -0.15) is 0 Å². The summed E-state index contributed by atoms with van der Waals surface area (Å²) in [5.74, 6) is -0.183. The van der Waals surface area contributed by atoms with Gasteiger partial charge in [0.15, 0.2) is 9.84 Å². The first-order chi connectivity index (χ1) is 9.27. The molecule has 0 amide bonds. The van der Waals surface area contributed by atoms with E-state index in [2.05, 4.69) is 0 Å². The van der Waals surface area contributed by atoms with Crippen LogP contribution in [0.15, 0.2) is 18.2 Å². The molecule has 0 heterocycles. The van der Waals surface area contributed by atoms with Crippen molar-refractivity contribution in [3.05, 3.63) is 33.9 Å². The fourth-order valence-corrected chi connectivity index (χ4v) is 3.39. The lowest BCUT2D eigenvalue weighted by molar-refractivity contribution is -0.385. The molecular weight excluding hydrogens is 284 g/mol. The number of sulfone groups is 1. The van der Waals surface area contributed by atoms with Gasteiger partial charge in [-0.15, -0.1) is 0 Å². The molecule has 0 spiro atoms. The van der Waals surface area contributed by atoms with Gasteiger partial charge >= 0.3 is 0 Å². The first kappa shape index (κ1) is 16.4. The first-order valence-corrected chi connectivity index (χ1v) is 7.88. The number of nitro groups is 1. The van der Waals surface area contributed by atoms with Crippen molar-refractivity contribution in [3.8, 4) is 5.75 Å². The number of benzene rings is 1. The third-order valence-electron chi connectivity index (χ3n) is 2.78. The van der Waals surface area contributed by atoms with Crippen LogP contribution in [0, 0.1) is 10.1 Å². The number of ether oxygens (including phenoxy) is 1. The van der Waals surface area contributed by atoms with Gasteiger partial charge < -0.3 is 10.5 Å². The molecule has 0 saturated carbocycles. The van der Waals surface area contributed by atoms with Gasteiger partial charge in [0.2, 0.25) is 0 Å². The molecule has 0 aliphatic carbocycles. The van der Waals surface area contributed by atoms with Crippen LogP contribution in [0.3, 0.4) is 0 Å². The normalized spacial score (nSPS) is 12.9. The van der Waals surface area contributed by atoms with Crippen LogP contribution in [0.25, 0.3) is 0 Å². The first-order valence-electron chi connectivity index (χ1n) is 6.05. The highest BCUT2D eigenvalue weighted by molar-refractivity contribution is 7.90. The highest BCUT2D eigenvalue weighted by atomic mass is 32.2. The lowest BCUT2D eigenvalue weighted by atomic mass is 10.2. The molecule has 7 nitrogen and oxygen atoms in total. The molecule has 0 saturated heterocycles. The van der Waals surface area contributed by atoms with Crippen LogP contribution in [0.2, 0.25) is 0 Å². The van der Waals surface area contributed by atoms with Gasteiger partial charge in [-0.3, -0.25) is 10.1 Å². The standard InChI is InChI=1S/C12H18N2O5S/c1-3-10(13)8-20(17,18)7-9-4-11(14(15)16)6-12(5-9)19-2/h4-6,10H,3,7-8,13H2,1-2H3. The number of nitrogens with two attached hydrogens (primary N) is 1. The monoisotopic (exact) mass is 302 g/mol. The van der Waals surface area contributed by atoms with E-state index in [1.807, 2.05) is 0 Å². The number of non-ortho nitro benzene ring substituents is 1. The summed E-state index contributed by atoms with van der Waals surface area (Å²) < 4.78 is 28.9. The van der Waals surface area contributed by atoms with Crippen molar-refractivity contribution >= 4 is 15.5 Å². The van der Waals surface area contributed by atoms with Crippen LogP contribution >= 0.6 is 0 Å². The molecule has 2 N–H and O–H groups in total. The summed E-state index contributed by atoms with van der Waals surface area (Å²) in [5.41, 5.74) is 5.75. The molecule has 0 bridgehead atoms. The maximum atomic E-state index is 12.0. The molecule has 1 rings (SSSR count). The molecule has 1 atom stereocenters. The van der Waals surface area contributed by atoms with Crippen LogP contribution in [0.1, 0.15) is 18.9 Å². The summed E-state index contributed by atoms with van der Waals surface area (Å²) in [7, 11) is -2.05. The zero-order chi connectivity index (χ0) is 15.3. The smallest absolute Gasteiger partial charge is 0.273 e. The molecule has 0 radical (unpaired) electrons. The van der Waals surface area contributed by atoms with Crippen molar-refractivity contribution in [2.75, 3.05) is 12.9 Å². The molecule has 8 heteroatoms. The number of rotatable bonds is 7. The lowest BCUT2D eigenvalue weighted by Crippen LogP contribution is -2.29. The molecular formula is C12H18N2O5S. The van der Waals surface area contributed by atoms with Crippen molar-refractivity contribution in [2.24, 2.45) is 5.73 Å². The largest absolute Gasteiger partial charge is 0.496 e. The number of hydrogen-bond donors (Lipinski definition) is 1. The van der Waals surface area contributed by atoms with E-state index >= 15 is 0 Å². The number of methoxy groups -OCH3 is 1. The van der Waals surface area contributed by atoms with E-state index in [1.54, 1.807) is 6.92 Å². The Kier molecular flexibility index (Phi) is 5.46. The minimum atomic E-state index is -3.42. The lowest BCUT2D eigenvalue weighted by Gasteiger charge is -2.10. The highest BCUT2D eigenvalue weighted by Gasteiger charge is 2.18. The molecule has 0 fully saturated rings. The molecule has 1 aromatic carbocycles. The quantitative estimate of drug-likeness (QED) is 0.599. The predicted molar refractivity (Wildman–Crippen MR) is 75.4 cm³/mol. The van der Waals surface area contributed by atoms with E-state index in [0.717, 1.165) is 0 Å². The third-order valence-corrected chi connectivity index (χ3v) is 4.49. The number of hydrogen-bond acceptors (Lipinski definition) is 6. The average molecular weight is 302 g/mol. The second-order valence-electron chi connectivity index (χ2n) is 4.52. The van der Waals surface area contributed by atoms with Gasteiger partial charge in [-0.05, 0) is 18.1 Å². The number of nitro benzene ring substituents is 1. The summed E-state index contributed by atoms with van der Waals surface area (Å²) in [6.45, 7) is 1.80. The number of nitrogens with zero attached hydrogens (tertiary/aromatic N) is 1. The summed E-state index contributed by atoms with van der Waals surface area (Å²) in [6.07, 6.45) is 0.553. The summed E-state index contributed by atoms with van der Waals surface area (Å²) in [4.78, 5) is 10.2. The highest BCUT2D eigenvalue weighted by Crippen LogP contribution is 2.24. The van der Waals surface area contributed by atoms with Crippen LogP contribution in [0.4, 0.5) is 5.69 Å². The van der Waals surface area contributed by atoms with Crippen molar-refractivity contribution < 1.29 is 18.1 Å². The van der Waals surface area contributed by atoms with Gasteiger partial charge in [-0.25, -0.2) is 8.42 Å². The van der Waals surface area contributed by atoms with E-state index in [-0.39, 0.29) is 22.9 Å². The van der Waals surface area contributed by atoms with Crippen LogP contribution in [-0.2, 0) is 15.6 Å². The van der Waals surface area contributed by atoms with Crippen molar-refractivity contribution in [2.45, 2.75) is 25.1 Å². The van der Waals surface area contributed by atoms with E-state index in [9.17, 15) is 18.5 Å². The summed E-state index contributed by atoms with van der Waals surface area (Å²) in [5, 5.41) is 10.8. The Morgan fingerprint density at radius 3 is 2.55 bits per heavy atom. The Labute approximate surface area is 117 Å². The van der Waals surface area contributed by atoms with Gasteiger partial charge in [0, 0.05) is 12.1 Å². The van der Waals surface area contributed by atoms with Crippen molar-refractivity contribution in [3.63, 3.8) is 0 Å². The maximum Gasteiger partial charge on any atom is 0.273 e. The van der Waals surface area contributed by atoms with Crippen molar-refractivity contribution in [1.29, 1.82) is 0 Å². The van der Waals surface area contributed by atoms with Crippen LogP contribution in [0.5, 0.6) is 5.75 Å². The average Bonchev–Trinajstić information content (AvgIpc) is 2.36. The van der Waals surface area contributed by atoms with Gasteiger partial charge in [0.25, 0.3) is 5.69 Å². The second kappa shape index (κ2) is 6.67. The fourth-order valence-electron chi connectivity index (χ4n) is 1.71. The van der Waals surface area contributed by atoms with E-state index in [0.29, 0.717) is 12.0 Å². The summed E-state index contributed by atoms with van der Waals surface area (Å²) in [6, 6.07) is 3.52. The van der Waals surface area contributed by atoms with Gasteiger partial charge in [0.1, 0.15) is 5.75 Å². The molecule has 1 unspecified atom stereocenters. The molecule has 1 aromatic rings. The van der Waals surface area contributed by atoms with E-state index in [1.165, 1.54) is 25.3 Å². The Morgan fingerprint density at radius 2 is 2.05 bits per heavy atom. The SMILES string of the molecule is CCC(N)CS(=O)(=O)Cc1cc(OC)cc([N+](=O)[O-])c1. The van der Waals surface area contributed by atoms with E-state index in [4.69, 9.17) is 10.5 Å². The minimum Gasteiger partial charge on any atom is -0.496 e. The Morgan fingerprint density at radius 1 is 1.40 bits per heavy atom. The zero-order valence-electron chi connectivity index (χ0n) is 11.4. The zero-order valence-corrected chi connectivity index (χ0v) is 12.2. The Balaban J connectivity index is 3.02. The van der Waals surface area contributed by atoms with Gasteiger partial charge in [-0.1, -0.05) is 6.92 Å². The van der Waals surface area contributed by atoms with Gasteiger partial charge in [0.05, 0.1) is 29.6 Å². The second-order valence-corrected chi connectivity index (χ2v) is 6.63. The van der Waals surface area contributed by atoms with Crippen LogP contribution < -0.4 is 10.5 Å². The third kappa shape index (κ3) is 4.78. The Bertz CT molecular complexity index is 586. The molecule has 0 aliphatic heterocycles. The maximum absolute atomic E-state index is 12.0. The minimum absolute atomic E-state index is 0.144. The summed E-state index contributed by atoms with van der Waals surface area (Å²) >= 11 is 0. The molecule has 20 heavy (non-hydrogen) atoms. The molecule has 0 aliphatic rings. The fraction of sp³-hybridized carbons (Fsp3) is 0.500.